The number of halogens is 2. The number of benzene rings is 2. The number of rotatable bonds is 4. The van der Waals surface area contributed by atoms with Crippen molar-refractivity contribution in [2.24, 2.45) is 0 Å². The molecular formula is C14H12Cl2OS. The van der Waals surface area contributed by atoms with Crippen molar-refractivity contribution in [3.8, 4) is 0 Å². The minimum absolute atomic E-state index is 0.517. The van der Waals surface area contributed by atoms with Crippen LogP contribution >= 0.6 is 23.2 Å². The second-order valence-electron chi connectivity index (χ2n) is 3.98. The van der Waals surface area contributed by atoms with Crippen LogP contribution in [0.3, 0.4) is 0 Å². The number of hydrogen-bond donors (Lipinski definition) is 0. The van der Waals surface area contributed by atoms with E-state index in [1.165, 1.54) is 0 Å². The quantitative estimate of drug-likeness (QED) is 0.815. The molecule has 0 spiro atoms. The molecule has 0 aromatic heterocycles. The Morgan fingerprint density at radius 3 is 2.17 bits per heavy atom. The first-order chi connectivity index (χ1) is 8.63. The van der Waals surface area contributed by atoms with Crippen molar-refractivity contribution in [1.82, 2.24) is 0 Å². The molecule has 0 amide bonds. The van der Waals surface area contributed by atoms with Gasteiger partial charge in [-0.05, 0) is 35.4 Å². The van der Waals surface area contributed by atoms with Gasteiger partial charge >= 0.3 is 0 Å². The Hall–Kier alpha value is -0.830. The van der Waals surface area contributed by atoms with E-state index in [4.69, 9.17) is 23.2 Å². The highest BCUT2D eigenvalue weighted by Gasteiger charge is 2.04. The van der Waals surface area contributed by atoms with E-state index in [0.29, 0.717) is 21.6 Å². The molecule has 1 nitrogen and oxygen atoms in total. The van der Waals surface area contributed by atoms with Crippen LogP contribution in [-0.2, 0) is 22.3 Å². The zero-order chi connectivity index (χ0) is 13.0. The van der Waals surface area contributed by atoms with Gasteiger partial charge in [0.2, 0.25) is 0 Å². The van der Waals surface area contributed by atoms with Crippen LogP contribution in [0.5, 0.6) is 0 Å². The summed E-state index contributed by atoms with van der Waals surface area (Å²) in [6.07, 6.45) is 0. The molecule has 2 rings (SSSR count). The lowest BCUT2D eigenvalue weighted by Gasteiger charge is -2.04. The van der Waals surface area contributed by atoms with Crippen molar-refractivity contribution >= 4 is 34.0 Å². The first kappa shape index (κ1) is 13.6. The van der Waals surface area contributed by atoms with Crippen LogP contribution in [0.2, 0.25) is 10.0 Å². The fourth-order valence-corrected chi connectivity index (χ4v) is 3.19. The molecule has 0 heterocycles. The zero-order valence-corrected chi connectivity index (χ0v) is 11.9. The molecule has 0 fully saturated rings. The Bertz CT molecular complexity index is 552. The maximum Gasteiger partial charge on any atom is 0.0489 e. The largest absolute Gasteiger partial charge is 0.259 e. The average molecular weight is 299 g/mol. The topological polar surface area (TPSA) is 17.1 Å². The summed E-state index contributed by atoms with van der Waals surface area (Å²) in [7, 11) is -0.939. The highest BCUT2D eigenvalue weighted by Crippen LogP contribution is 2.15. The van der Waals surface area contributed by atoms with Crippen molar-refractivity contribution in [3.63, 3.8) is 0 Å². The van der Waals surface area contributed by atoms with E-state index in [1.54, 1.807) is 0 Å². The first-order valence-corrected chi connectivity index (χ1v) is 7.72. The summed E-state index contributed by atoms with van der Waals surface area (Å²) >= 11 is 11.7. The summed E-state index contributed by atoms with van der Waals surface area (Å²) in [4.78, 5) is 0. The van der Waals surface area contributed by atoms with Gasteiger partial charge in [-0.3, -0.25) is 4.21 Å². The Kier molecular flexibility index (Phi) is 4.81. The summed E-state index contributed by atoms with van der Waals surface area (Å²) in [5.41, 5.74) is 2.02. The lowest BCUT2D eigenvalue weighted by molar-refractivity contribution is 0.682. The van der Waals surface area contributed by atoms with Crippen molar-refractivity contribution in [3.05, 3.63) is 69.7 Å². The molecule has 0 bridgehead atoms. The van der Waals surface area contributed by atoms with Crippen LogP contribution in [0.4, 0.5) is 0 Å². The van der Waals surface area contributed by atoms with Gasteiger partial charge in [0.05, 0.1) is 0 Å². The van der Waals surface area contributed by atoms with Gasteiger partial charge < -0.3 is 0 Å². The molecule has 1 atom stereocenters. The lowest BCUT2D eigenvalue weighted by Crippen LogP contribution is -1.99. The van der Waals surface area contributed by atoms with Crippen molar-refractivity contribution in [2.45, 2.75) is 11.5 Å². The van der Waals surface area contributed by atoms with Crippen LogP contribution in [-0.4, -0.2) is 4.21 Å². The standard InChI is InChI=1S/C14H12Cl2OS/c15-13-6-4-11(5-7-13)9-18(17)10-12-2-1-3-14(16)8-12/h1-8H,9-10H2. The molecule has 0 radical (unpaired) electrons. The van der Waals surface area contributed by atoms with Crippen LogP contribution in [0, 0.1) is 0 Å². The molecule has 0 N–H and O–H groups in total. The molecule has 2 aromatic carbocycles. The van der Waals surface area contributed by atoms with E-state index in [1.807, 2.05) is 48.5 Å². The minimum atomic E-state index is -0.939. The molecule has 0 saturated carbocycles. The van der Waals surface area contributed by atoms with Crippen LogP contribution < -0.4 is 0 Å². The third kappa shape index (κ3) is 4.13. The predicted molar refractivity (Wildman–Crippen MR) is 78.5 cm³/mol. The van der Waals surface area contributed by atoms with Crippen LogP contribution in [0.1, 0.15) is 11.1 Å². The Morgan fingerprint density at radius 2 is 1.50 bits per heavy atom. The zero-order valence-electron chi connectivity index (χ0n) is 9.61. The highest BCUT2D eigenvalue weighted by molar-refractivity contribution is 7.83. The Labute approximate surface area is 119 Å². The maximum absolute atomic E-state index is 12.0. The van der Waals surface area contributed by atoms with Gasteiger partial charge in [-0.15, -0.1) is 0 Å². The van der Waals surface area contributed by atoms with E-state index in [0.717, 1.165) is 11.1 Å². The fraction of sp³-hybridized carbons (Fsp3) is 0.143. The van der Waals surface area contributed by atoms with Crippen molar-refractivity contribution in [1.29, 1.82) is 0 Å². The molecule has 4 heteroatoms. The third-order valence-corrected chi connectivity index (χ3v) is 4.26. The smallest absolute Gasteiger partial charge is 0.0489 e. The van der Waals surface area contributed by atoms with Gasteiger partial charge in [0.25, 0.3) is 0 Å². The van der Waals surface area contributed by atoms with Gasteiger partial charge in [0, 0.05) is 32.4 Å². The second-order valence-corrected chi connectivity index (χ2v) is 6.31. The van der Waals surface area contributed by atoms with E-state index in [-0.39, 0.29) is 0 Å². The van der Waals surface area contributed by atoms with Crippen molar-refractivity contribution < 1.29 is 4.21 Å². The molecule has 1 unspecified atom stereocenters. The van der Waals surface area contributed by atoms with Crippen molar-refractivity contribution in [2.75, 3.05) is 0 Å². The van der Waals surface area contributed by atoms with E-state index in [9.17, 15) is 4.21 Å². The summed E-state index contributed by atoms with van der Waals surface area (Å²) in [6.45, 7) is 0. The summed E-state index contributed by atoms with van der Waals surface area (Å²) in [5.74, 6) is 1.05. The Morgan fingerprint density at radius 1 is 0.833 bits per heavy atom. The van der Waals surface area contributed by atoms with E-state index >= 15 is 0 Å². The van der Waals surface area contributed by atoms with Crippen LogP contribution in [0.25, 0.3) is 0 Å². The molecule has 18 heavy (non-hydrogen) atoms. The second kappa shape index (κ2) is 6.37. The summed E-state index contributed by atoms with van der Waals surface area (Å²) in [5, 5.41) is 1.37. The van der Waals surface area contributed by atoms with Gasteiger partial charge in [-0.2, -0.15) is 0 Å². The normalized spacial score (nSPS) is 12.3. The third-order valence-electron chi connectivity index (χ3n) is 2.46. The molecule has 0 aliphatic heterocycles. The fourth-order valence-electron chi connectivity index (χ4n) is 1.63. The van der Waals surface area contributed by atoms with Gasteiger partial charge in [-0.25, -0.2) is 0 Å². The molecule has 0 saturated heterocycles. The molecule has 2 aromatic rings. The minimum Gasteiger partial charge on any atom is -0.259 e. The highest BCUT2D eigenvalue weighted by atomic mass is 35.5. The molecule has 0 aliphatic rings. The van der Waals surface area contributed by atoms with Gasteiger partial charge in [0.1, 0.15) is 0 Å². The lowest BCUT2D eigenvalue weighted by atomic mass is 10.2. The summed E-state index contributed by atoms with van der Waals surface area (Å²) < 4.78 is 12.0. The monoisotopic (exact) mass is 298 g/mol. The number of hydrogen-bond acceptors (Lipinski definition) is 1. The van der Waals surface area contributed by atoms with Crippen LogP contribution in [0.15, 0.2) is 48.5 Å². The summed E-state index contributed by atoms with van der Waals surface area (Å²) in [6, 6.07) is 14.9. The first-order valence-electron chi connectivity index (χ1n) is 5.47. The molecule has 0 aliphatic carbocycles. The van der Waals surface area contributed by atoms with E-state index < -0.39 is 10.8 Å². The maximum atomic E-state index is 12.0. The Balaban J connectivity index is 1.98. The SMILES string of the molecule is O=S(Cc1ccc(Cl)cc1)Cc1cccc(Cl)c1. The van der Waals surface area contributed by atoms with E-state index in [2.05, 4.69) is 0 Å². The van der Waals surface area contributed by atoms with Gasteiger partial charge in [-0.1, -0.05) is 47.5 Å². The average Bonchev–Trinajstić information content (AvgIpc) is 2.32. The molecular weight excluding hydrogens is 287 g/mol. The predicted octanol–water partition coefficient (Wildman–Crippen LogP) is 4.44. The van der Waals surface area contributed by atoms with Gasteiger partial charge in [0.15, 0.2) is 0 Å². The molecule has 94 valence electrons.